The van der Waals surface area contributed by atoms with Gasteiger partial charge >= 0.3 is 0 Å². The number of hydrogen-bond acceptors (Lipinski definition) is 2. The zero-order valence-electron chi connectivity index (χ0n) is 10.2. The van der Waals surface area contributed by atoms with E-state index in [4.69, 9.17) is 4.74 Å². The van der Waals surface area contributed by atoms with E-state index in [1.54, 1.807) is 0 Å². The SMILES string of the molecule is OCc1cc2c(cc1C1CCCCC1)OCC2. The summed E-state index contributed by atoms with van der Waals surface area (Å²) in [5.74, 6) is 1.70. The summed E-state index contributed by atoms with van der Waals surface area (Å²) in [6.07, 6.45) is 7.55. The van der Waals surface area contributed by atoms with Gasteiger partial charge in [0.15, 0.2) is 0 Å². The van der Waals surface area contributed by atoms with Crippen LogP contribution >= 0.6 is 0 Å². The maximum absolute atomic E-state index is 9.54. The van der Waals surface area contributed by atoms with Gasteiger partial charge in [-0.3, -0.25) is 0 Å². The molecule has 1 N–H and O–H groups in total. The Morgan fingerprint density at radius 3 is 2.76 bits per heavy atom. The van der Waals surface area contributed by atoms with Crippen molar-refractivity contribution < 1.29 is 9.84 Å². The first kappa shape index (κ1) is 11.1. The van der Waals surface area contributed by atoms with E-state index in [2.05, 4.69) is 12.1 Å². The van der Waals surface area contributed by atoms with E-state index < -0.39 is 0 Å². The van der Waals surface area contributed by atoms with Gasteiger partial charge in [0.1, 0.15) is 5.75 Å². The van der Waals surface area contributed by atoms with Gasteiger partial charge in [0.25, 0.3) is 0 Å². The highest BCUT2D eigenvalue weighted by Crippen LogP contribution is 2.38. The number of rotatable bonds is 2. The summed E-state index contributed by atoms with van der Waals surface area (Å²) >= 11 is 0. The quantitative estimate of drug-likeness (QED) is 0.848. The molecular formula is C15H20O2. The van der Waals surface area contributed by atoms with Gasteiger partial charge in [0, 0.05) is 6.42 Å². The van der Waals surface area contributed by atoms with Crippen LogP contribution in [0.3, 0.4) is 0 Å². The molecule has 1 heterocycles. The minimum atomic E-state index is 0.166. The molecule has 1 saturated carbocycles. The first-order valence-corrected chi connectivity index (χ1v) is 6.78. The standard InChI is InChI=1S/C15H20O2/c16-10-13-8-12-6-7-17-15(12)9-14(13)11-4-2-1-3-5-11/h8-9,11,16H,1-7,10H2. The third-order valence-corrected chi connectivity index (χ3v) is 4.17. The lowest BCUT2D eigenvalue weighted by atomic mass is 9.81. The number of fused-ring (bicyclic) bond motifs is 1. The minimum absolute atomic E-state index is 0.166. The molecule has 3 rings (SSSR count). The Hall–Kier alpha value is -1.02. The zero-order valence-corrected chi connectivity index (χ0v) is 10.2. The van der Waals surface area contributed by atoms with Gasteiger partial charge in [-0.1, -0.05) is 19.3 Å². The number of aliphatic hydroxyl groups excluding tert-OH is 1. The predicted molar refractivity (Wildman–Crippen MR) is 67.4 cm³/mol. The monoisotopic (exact) mass is 232 g/mol. The van der Waals surface area contributed by atoms with Gasteiger partial charge in [0.2, 0.25) is 0 Å². The van der Waals surface area contributed by atoms with Gasteiger partial charge in [-0.2, -0.15) is 0 Å². The molecule has 0 unspecified atom stereocenters. The van der Waals surface area contributed by atoms with Crippen molar-refractivity contribution >= 4 is 0 Å². The summed E-state index contributed by atoms with van der Waals surface area (Å²) in [7, 11) is 0. The second-order valence-electron chi connectivity index (χ2n) is 5.25. The van der Waals surface area contributed by atoms with Gasteiger partial charge in [-0.15, -0.1) is 0 Å². The molecule has 1 aliphatic heterocycles. The highest BCUT2D eigenvalue weighted by molar-refractivity contribution is 5.46. The molecule has 2 aliphatic rings. The van der Waals surface area contributed by atoms with Crippen LogP contribution < -0.4 is 4.74 Å². The summed E-state index contributed by atoms with van der Waals surface area (Å²) in [5.41, 5.74) is 3.74. The normalized spacial score (nSPS) is 20.1. The number of ether oxygens (including phenoxy) is 1. The Morgan fingerprint density at radius 2 is 2.00 bits per heavy atom. The van der Waals surface area contributed by atoms with Crippen molar-refractivity contribution in [2.24, 2.45) is 0 Å². The maximum Gasteiger partial charge on any atom is 0.122 e. The van der Waals surface area contributed by atoms with Crippen LogP contribution in [0, 0.1) is 0 Å². The Balaban J connectivity index is 1.96. The molecule has 0 radical (unpaired) electrons. The molecule has 0 saturated heterocycles. The van der Waals surface area contributed by atoms with Crippen molar-refractivity contribution in [3.05, 3.63) is 28.8 Å². The van der Waals surface area contributed by atoms with E-state index in [0.29, 0.717) is 5.92 Å². The Morgan fingerprint density at radius 1 is 1.18 bits per heavy atom. The van der Waals surface area contributed by atoms with Crippen LogP contribution in [0.1, 0.15) is 54.7 Å². The van der Waals surface area contributed by atoms with Crippen molar-refractivity contribution in [3.63, 3.8) is 0 Å². The van der Waals surface area contributed by atoms with E-state index in [9.17, 15) is 5.11 Å². The largest absolute Gasteiger partial charge is 0.493 e. The Bertz CT molecular complexity index is 406. The second-order valence-corrected chi connectivity index (χ2v) is 5.25. The number of benzene rings is 1. The fraction of sp³-hybridized carbons (Fsp3) is 0.600. The average Bonchev–Trinajstić information content (AvgIpc) is 2.85. The molecule has 2 nitrogen and oxygen atoms in total. The Labute approximate surface area is 103 Å². The van der Waals surface area contributed by atoms with Crippen LogP contribution in [0.2, 0.25) is 0 Å². The van der Waals surface area contributed by atoms with Crippen molar-refractivity contribution in [2.45, 2.75) is 51.0 Å². The third kappa shape index (κ3) is 2.06. The van der Waals surface area contributed by atoms with E-state index in [0.717, 1.165) is 24.3 Å². The molecule has 1 aromatic rings. The van der Waals surface area contributed by atoms with Gasteiger partial charge in [-0.25, -0.2) is 0 Å². The van der Waals surface area contributed by atoms with E-state index >= 15 is 0 Å². The molecule has 0 atom stereocenters. The van der Waals surface area contributed by atoms with Gasteiger partial charge in [-0.05, 0) is 47.6 Å². The van der Waals surface area contributed by atoms with Crippen LogP contribution in [-0.2, 0) is 13.0 Å². The molecule has 2 heteroatoms. The van der Waals surface area contributed by atoms with Crippen LogP contribution in [0.5, 0.6) is 5.75 Å². The topological polar surface area (TPSA) is 29.5 Å². The van der Waals surface area contributed by atoms with Crippen LogP contribution in [0.4, 0.5) is 0 Å². The summed E-state index contributed by atoms with van der Waals surface area (Å²) in [5, 5.41) is 9.54. The molecule has 92 valence electrons. The predicted octanol–water partition coefficient (Wildman–Crippen LogP) is 3.16. The third-order valence-electron chi connectivity index (χ3n) is 4.17. The molecule has 0 amide bonds. The lowest BCUT2D eigenvalue weighted by Gasteiger charge is -2.24. The lowest BCUT2D eigenvalue weighted by Crippen LogP contribution is -2.08. The van der Waals surface area contributed by atoms with E-state index in [-0.39, 0.29) is 6.61 Å². The van der Waals surface area contributed by atoms with Crippen LogP contribution in [0.25, 0.3) is 0 Å². The fourth-order valence-electron chi connectivity index (χ4n) is 3.22. The van der Waals surface area contributed by atoms with Crippen molar-refractivity contribution in [1.29, 1.82) is 0 Å². The molecule has 1 aliphatic carbocycles. The molecular weight excluding hydrogens is 212 g/mol. The zero-order chi connectivity index (χ0) is 11.7. The maximum atomic E-state index is 9.54. The van der Waals surface area contributed by atoms with Crippen molar-refractivity contribution in [3.8, 4) is 5.75 Å². The molecule has 1 fully saturated rings. The minimum Gasteiger partial charge on any atom is -0.493 e. The molecule has 0 aromatic heterocycles. The van der Waals surface area contributed by atoms with Gasteiger partial charge in [0.05, 0.1) is 13.2 Å². The first-order valence-electron chi connectivity index (χ1n) is 6.78. The summed E-state index contributed by atoms with van der Waals surface area (Å²) in [6.45, 7) is 0.966. The van der Waals surface area contributed by atoms with Crippen molar-refractivity contribution in [2.75, 3.05) is 6.61 Å². The summed E-state index contributed by atoms with van der Waals surface area (Å²) in [4.78, 5) is 0. The number of hydrogen-bond donors (Lipinski definition) is 1. The van der Waals surface area contributed by atoms with E-state index in [1.807, 2.05) is 0 Å². The first-order chi connectivity index (χ1) is 8.38. The fourth-order valence-corrected chi connectivity index (χ4v) is 3.22. The van der Waals surface area contributed by atoms with E-state index in [1.165, 1.54) is 43.2 Å². The number of aliphatic hydroxyl groups is 1. The second kappa shape index (κ2) is 4.69. The average molecular weight is 232 g/mol. The molecule has 1 aromatic carbocycles. The molecule has 0 bridgehead atoms. The summed E-state index contributed by atoms with van der Waals surface area (Å²) < 4.78 is 5.65. The highest BCUT2D eigenvalue weighted by Gasteiger charge is 2.22. The van der Waals surface area contributed by atoms with Gasteiger partial charge < -0.3 is 9.84 Å². The lowest BCUT2D eigenvalue weighted by molar-refractivity contribution is 0.278. The Kier molecular flexibility index (Phi) is 3.06. The molecule has 17 heavy (non-hydrogen) atoms. The highest BCUT2D eigenvalue weighted by atomic mass is 16.5. The van der Waals surface area contributed by atoms with Crippen LogP contribution in [-0.4, -0.2) is 11.7 Å². The molecule has 0 spiro atoms. The smallest absolute Gasteiger partial charge is 0.122 e. The summed E-state index contributed by atoms with van der Waals surface area (Å²) in [6, 6.07) is 4.36. The van der Waals surface area contributed by atoms with Crippen molar-refractivity contribution in [1.82, 2.24) is 0 Å². The van der Waals surface area contributed by atoms with Crippen LogP contribution in [0.15, 0.2) is 12.1 Å².